The van der Waals surface area contributed by atoms with Crippen molar-refractivity contribution in [1.29, 1.82) is 0 Å². The largest absolute Gasteiger partial charge is 0.481 e. The monoisotopic (exact) mass is 846 g/mol. The molecule has 0 bridgehead atoms. The summed E-state index contributed by atoms with van der Waals surface area (Å²) in [6.07, 6.45) is -0.362. The van der Waals surface area contributed by atoms with E-state index >= 15 is 0 Å². The van der Waals surface area contributed by atoms with Gasteiger partial charge in [-0.1, -0.05) is 27.7 Å². The molecule has 0 fully saturated rings. The number of carbonyl (C=O) groups is 11. The predicted molar refractivity (Wildman–Crippen MR) is 208 cm³/mol. The molecule has 58 heavy (non-hydrogen) atoms. The molecule has 0 spiro atoms. The van der Waals surface area contributed by atoms with Crippen molar-refractivity contribution in [3.63, 3.8) is 0 Å². The number of nitrogens with one attached hydrogen (secondary N) is 7. The molecule has 6 atom stereocenters. The standard InChI is InChI=1S/C34H58N10O13S/c1-16(2)12-22(33(55)44-28(17(3)4)34(56)57)43-32(54)19(6-8-23(36)45)40-26(48)15-39-30(52)21(10-11-58-5)42-31(53)20(7-9-27(49)50)41-25(47)14-38-29(51)18(35)13-24(37)46/h16-22,28H,6-15,35H2,1-5H3,(H2,36,45)(H2,37,46)(H,38,51)(H,39,52)(H,40,48)(H,41,47)(H,42,53)(H,43,54)(H,44,55)(H,49,50)(H,56,57)/t18-,19-,20-,21-,22-,28-/m0/s1. The summed E-state index contributed by atoms with van der Waals surface area (Å²) < 4.78 is 0. The Bertz CT molecular complexity index is 1500. The van der Waals surface area contributed by atoms with Gasteiger partial charge in [-0.05, 0) is 49.5 Å². The molecule has 0 radical (unpaired) electrons. The second-order valence-corrected chi connectivity index (χ2v) is 15.0. The van der Waals surface area contributed by atoms with Gasteiger partial charge in [0.15, 0.2) is 0 Å². The summed E-state index contributed by atoms with van der Waals surface area (Å²) in [7, 11) is 0. The van der Waals surface area contributed by atoms with Gasteiger partial charge >= 0.3 is 11.9 Å². The molecule has 0 rings (SSSR count). The zero-order valence-corrected chi connectivity index (χ0v) is 34.0. The highest BCUT2D eigenvalue weighted by Crippen LogP contribution is 2.10. The number of carbonyl (C=O) groups excluding carboxylic acids is 9. The number of carboxylic acid groups (broad SMARTS) is 2. The summed E-state index contributed by atoms with van der Waals surface area (Å²) in [6, 6.07) is -8.08. The first-order valence-electron chi connectivity index (χ1n) is 18.3. The molecule has 0 aromatic rings. The first-order chi connectivity index (χ1) is 27.0. The van der Waals surface area contributed by atoms with Crippen LogP contribution in [0.25, 0.3) is 0 Å². The Kier molecular flexibility index (Phi) is 24.6. The van der Waals surface area contributed by atoms with Gasteiger partial charge in [-0.3, -0.25) is 47.9 Å². The fourth-order valence-electron chi connectivity index (χ4n) is 5.00. The van der Waals surface area contributed by atoms with Crippen LogP contribution in [0, 0.1) is 11.8 Å². The van der Waals surface area contributed by atoms with E-state index in [0.29, 0.717) is 5.75 Å². The van der Waals surface area contributed by atoms with Gasteiger partial charge in [-0.25, -0.2) is 4.79 Å². The van der Waals surface area contributed by atoms with Gasteiger partial charge in [0, 0.05) is 12.8 Å². The first-order valence-corrected chi connectivity index (χ1v) is 19.7. The Labute approximate surface area is 339 Å². The molecular weight excluding hydrogens is 788 g/mol. The lowest BCUT2D eigenvalue weighted by atomic mass is 10.00. The van der Waals surface area contributed by atoms with Crippen molar-refractivity contribution in [3.05, 3.63) is 0 Å². The lowest BCUT2D eigenvalue weighted by molar-refractivity contribution is -0.143. The number of hydrogen-bond donors (Lipinski definition) is 12. The fourth-order valence-corrected chi connectivity index (χ4v) is 5.47. The van der Waals surface area contributed by atoms with Crippen LogP contribution in [0.4, 0.5) is 0 Å². The summed E-state index contributed by atoms with van der Waals surface area (Å²) in [6.45, 7) is 5.24. The third-order valence-electron chi connectivity index (χ3n) is 8.05. The summed E-state index contributed by atoms with van der Waals surface area (Å²) >= 11 is 1.31. The second kappa shape index (κ2) is 27.2. The molecule has 24 heteroatoms. The van der Waals surface area contributed by atoms with E-state index in [1.165, 1.54) is 11.8 Å². The van der Waals surface area contributed by atoms with E-state index in [-0.39, 0.29) is 31.6 Å². The molecule has 0 saturated heterocycles. The van der Waals surface area contributed by atoms with E-state index in [0.717, 1.165) is 0 Å². The van der Waals surface area contributed by atoms with E-state index in [1.54, 1.807) is 34.0 Å². The van der Waals surface area contributed by atoms with Crippen LogP contribution in [0.3, 0.4) is 0 Å². The average molecular weight is 847 g/mol. The number of carboxylic acids is 2. The van der Waals surface area contributed by atoms with Crippen molar-refractivity contribution in [2.24, 2.45) is 29.0 Å². The molecule has 9 amide bonds. The zero-order chi connectivity index (χ0) is 44.7. The molecule has 0 heterocycles. The van der Waals surface area contributed by atoms with Crippen molar-refractivity contribution >= 4 is 76.9 Å². The van der Waals surface area contributed by atoms with E-state index in [9.17, 15) is 63.0 Å². The number of thioether (sulfide) groups is 1. The summed E-state index contributed by atoms with van der Waals surface area (Å²) in [5.74, 6) is -10.9. The highest BCUT2D eigenvalue weighted by Gasteiger charge is 2.32. The summed E-state index contributed by atoms with van der Waals surface area (Å²) in [4.78, 5) is 136. The topological polar surface area (TPSA) is 390 Å². The molecule has 328 valence electrons. The minimum atomic E-state index is -1.50. The van der Waals surface area contributed by atoms with Crippen LogP contribution in [0.2, 0.25) is 0 Å². The molecule has 0 aliphatic heterocycles. The highest BCUT2D eigenvalue weighted by molar-refractivity contribution is 7.98. The lowest BCUT2D eigenvalue weighted by Gasteiger charge is -2.26. The van der Waals surface area contributed by atoms with E-state index in [4.69, 9.17) is 17.2 Å². The van der Waals surface area contributed by atoms with E-state index in [1.807, 2.05) is 0 Å². The van der Waals surface area contributed by atoms with Gasteiger partial charge in [0.2, 0.25) is 53.2 Å². The Morgan fingerprint density at radius 3 is 1.48 bits per heavy atom. The van der Waals surface area contributed by atoms with Crippen molar-refractivity contribution in [2.75, 3.05) is 25.1 Å². The van der Waals surface area contributed by atoms with Gasteiger partial charge in [0.1, 0.15) is 30.2 Å². The lowest BCUT2D eigenvalue weighted by Crippen LogP contribution is -2.58. The number of amides is 9. The Hall–Kier alpha value is -5.52. The minimum absolute atomic E-state index is 0.0102. The van der Waals surface area contributed by atoms with Crippen LogP contribution in [0.1, 0.15) is 72.6 Å². The fraction of sp³-hybridized carbons (Fsp3) is 0.676. The maximum absolute atomic E-state index is 13.4. The van der Waals surface area contributed by atoms with Gasteiger partial charge in [0.05, 0.1) is 25.6 Å². The van der Waals surface area contributed by atoms with Crippen molar-refractivity contribution in [1.82, 2.24) is 37.2 Å². The van der Waals surface area contributed by atoms with Crippen LogP contribution in [0.15, 0.2) is 0 Å². The Morgan fingerprint density at radius 1 is 0.586 bits per heavy atom. The Balaban J connectivity index is 5.87. The third-order valence-corrected chi connectivity index (χ3v) is 8.69. The summed E-state index contributed by atoms with van der Waals surface area (Å²) in [5.41, 5.74) is 15.8. The molecule has 0 saturated carbocycles. The molecule has 0 aromatic carbocycles. The maximum Gasteiger partial charge on any atom is 0.326 e. The average Bonchev–Trinajstić information content (AvgIpc) is 3.11. The number of nitrogens with two attached hydrogens (primary N) is 3. The number of primary amides is 2. The van der Waals surface area contributed by atoms with Crippen molar-refractivity contribution in [3.8, 4) is 0 Å². The highest BCUT2D eigenvalue weighted by atomic mass is 32.2. The van der Waals surface area contributed by atoms with Gasteiger partial charge in [-0.15, -0.1) is 0 Å². The van der Waals surface area contributed by atoms with Crippen molar-refractivity contribution in [2.45, 2.75) is 109 Å². The third kappa shape index (κ3) is 22.3. The van der Waals surface area contributed by atoms with Gasteiger partial charge in [0.25, 0.3) is 0 Å². The zero-order valence-electron chi connectivity index (χ0n) is 33.2. The SMILES string of the molecule is CSCC[C@H](NC(=O)[C@H](CCC(=O)O)NC(=O)CNC(=O)[C@@H](N)CC(N)=O)C(=O)NCC(=O)N[C@@H](CCC(N)=O)C(=O)N[C@@H](CC(C)C)C(=O)N[C@H](C(=O)O)C(C)C. The maximum atomic E-state index is 13.4. The predicted octanol–water partition coefficient (Wildman–Crippen LogP) is -4.48. The summed E-state index contributed by atoms with van der Waals surface area (Å²) in [5, 5.41) is 35.2. The normalized spacial score (nSPS) is 14.0. The number of rotatable bonds is 29. The number of aliphatic carboxylic acids is 2. The van der Waals surface area contributed by atoms with Crippen LogP contribution in [-0.4, -0.2) is 137 Å². The molecule has 0 aliphatic rings. The van der Waals surface area contributed by atoms with E-state index < -0.39 is 140 Å². The minimum Gasteiger partial charge on any atom is -0.481 e. The van der Waals surface area contributed by atoms with E-state index in [2.05, 4.69) is 37.2 Å². The van der Waals surface area contributed by atoms with Crippen LogP contribution in [-0.2, 0) is 52.7 Å². The second-order valence-electron chi connectivity index (χ2n) is 14.0. The molecule has 0 aliphatic carbocycles. The van der Waals surface area contributed by atoms with Crippen LogP contribution in [0.5, 0.6) is 0 Å². The van der Waals surface area contributed by atoms with Gasteiger partial charge in [-0.2, -0.15) is 11.8 Å². The molecule has 23 nitrogen and oxygen atoms in total. The first kappa shape index (κ1) is 52.5. The molecule has 0 unspecified atom stereocenters. The quantitative estimate of drug-likeness (QED) is 0.0338. The smallest absolute Gasteiger partial charge is 0.326 e. The number of hydrogen-bond acceptors (Lipinski definition) is 13. The van der Waals surface area contributed by atoms with Crippen molar-refractivity contribution < 1.29 is 63.0 Å². The molecule has 0 aromatic heterocycles. The van der Waals surface area contributed by atoms with Crippen LogP contribution >= 0.6 is 11.8 Å². The van der Waals surface area contributed by atoms with Crippen LogP contribution < -0.4 is 54.4 Å². The Morgan fingerprint density at radius 2 is 1.05 bits per heavy atom. The van der Waals surface area contributed by atoms with Gasteiger partial charge < -0.3 is 64.6 Å². The molecular formula is C34H58N10O13S. The molecule has 15 N–H and O–H groups in total.